The van der Waals surface area contributed by atoms with E-state index in [-0.39, 0.29) is 0 Å². The SMILES string of the molecule is NC1CCCCCC1CCCC1CCCO1. The fraction of sp³-hybridized carbons (Fsp3) is 1.00. The molecule has 0 aromatic heterocycles. The van der Waals surface area contributed by atoms with Gasteiger partial charge in [0.05, 0.1) is 6.10 Å². The highest BCUT2D eigenvalue weighted by molar-refractivity contribution is 4.77. The molecule has 1 heterocycles. The molecule has 2 heteroatoms. The van der Waals surface area contributed by atoms with E-state index < -0.39 is 0 Å². The average Bonchev–Trinajstić information content (AvgIpc) is 2.71. The number of nitrogens with two attached hydrogens (primary N) is 1. The van der Waals surface area contributed by atoms with E-state index in [1.807, 2.05) is 0 Å². The normalized spacial score (nSPS) is 36.2. The molecular weight excluding hydrogens is 198 g/mol. The van der Waals surface area contributed by atoms with Gasteiger partial charge < -0.3 is 10.5 Å². The second-order valence-electron chi connectivity index (χ2n) is 5.63. The fourth-order valence-electron chi connectivity index (χ4n) is 3.25. The molecule has 0 radical (unpaired) electrons. The largest absolute Gasteiger partial charge is 0.378 e. The zero-order valence-electron chi connectivity index (χ0n) is 10.5. The van der Waals surface area contributed by atoms with E-state index in [1.54, 1.807) is 0 Å². The van der Waals surface area contributed by atoms with Gasteiger partial charge in [-0.3, -0.25) is 0 Å². The Balaban J connectivity index is 1.63. The minimum absolute atomic E-state index is 0.479. The van der Waals surface area contributed by atoms with Crippen molar-refractivity contribution < 1.29 is 4.74 Å². The van der Waals surface area contributed by atoms with Crippen molar-refractivity contribution in [2.45, 2.75) is 76.4 Å². The molecule has 2 aliphatic rings. The molecule has 3 atom stereocenters. The molecule has 1 aliphatic carbocycles. The van der Waals surface area contributed by atoms with Gasteiger partial charge in [0.25, 0.3) is 0 Å². The summed E-state index contributed by atoms with van der Waals surface area (Å²) in [5.41, 5.74) is 6.24. The topological polar surface area (TPSA) is 35.2 Å². The van der Waals surface area contributed by atoms with Crippen LogP contribution in [0.1, 0.15) is 64.2 Å². The summed E-state index contributed by atoms with van der Waals surface area (Å²) < 4.78 is 5.66. The molecule has 94 valence electrons. The smallest absolute Gasteiger partial charge is 0.0576 e. The molecule has 0 spiro atoms. The van der Waals surface area contributed by atoms with Gasteiger partial charge in [-0.25, -0.2) is 0 Å². The minimum atomic E-state index is 0.479. The minimum Gasteiger partial charge on any atom is -0.378 e. The van der Waals surface area contributed by atoms with Crippen molar-refractivity contribution in [1.82, 2.24) is 0 Å². The number of hydrogen-bond donors (Lipinski definition) is 1. The highest BCUT2D eigenvalue weighted by atomic mass is 16.5. The molecule has 3 unspecified atom stereocenters. The summed E-state index contributed by atoms with van der Waals surface area (Å²) in [4.78, 5) is 0. The van der Waals surface area contributed by atoms with E-state index in [4.69, 9.17) is 10.5 Å². The van der Waals surface area contributed by atoms with Gasteiger partial charge in [-0.05, 0) is 44.4 Å². The summed E-state index contributed by atoms with van der Waals surface area (Å²) in [6.07, 6.45) is 13.8. The molecule has 0 bridgehead atoms. The van der Waals surface area contributed by atoms with E-state index >= 15 is 0 Å². The molecule has 2 N–H and O–H groups in total. The monoisotopic (exact) mass is 225 g/mol. The van der Waals surface area contributed by atoms with Gasteiger partial charge in [-0.1, -0.05) is 25.7 Å². The zero-order chi connectivity index (χ0) is 11.2. The molecule has 2 rings (SSSR count). The summed E-state index contributed by atoms with van der Waals surface area (Å²) in [6.45, 7) is 0.994. The fourth-order valence-corrected chi connectivity index (χ4v) is 3.25. The highest BCUT2D eigenvalue weighted by Crippen LogP contribution is 2.27. The van der Waals surface area contributed by atoms with Crippen molar-refractivity contribution in [2.75, 3.05) is 6.61 Å². The Morgan fingerprint density at radius 2 is 1.81 bits per heavy atom. The second-order valence-corrected chi connectivity index (χ2v) is 5.63. The van der Waals surface area contributed by atoms with Gasteiger partial charge in [0.15, 0.2) is 0 Å². The first-order valence-corrected chi connectivity index (χ1v) is 7.23. The van der Waals surface area contributed by atoms with Gasteiger partial charge >= 0.3 is 0 Å². The molecule has 0 amide bonds. The number of hydrogen-bond acceptors (Lipinski definition) is 2. The first-order chi connectivity index (χ1) is 7.86. The van der Waals surface area contributed by atoms with Crippen LogP contribution in [0.4, 0.5) is 0 Å². The van der Waals surface area contributed by atoms with Gasteiger partial charge in [-0.15, -0.1) is 0 Å². The van der Waals surface area contributed by atoms with Crippen LogP contribution in [0.25, 0.3) is 0 Å². The van der Waals surface area contributed by atoms with Crippen LogP contribution in [0.15, 0.2) is 0 Å². The lowest BCUT2D eigenvalue weighted by Gasteiger charge is -2.21. The lowest BCUT2D eigenvalue weighted by Crippen LogP contribution is -2.29. The van der Waals surface area contributed by atoms with Crippen LogP contribution in [-0.2, 0) is 4.74 Å². The quantitative estimate of drug-likeness (QED) is 0.745. The first kappa shape index (κ1) is 12.4. The third kappa shape index (κ3) is 3.74. The van der Waals surface area contributed by atoms with E-state index in [9.17, 15) is 0 Å². The Morgan fingerprint density at radius 1 is 0.938 bits per heavy atom. The third-order valence-electron chi connectivity index (χ3n) is 4.34. The van der Waals surface area contributed by atoms with Crippen molar-refractivity contribution in [1.29, 1.82) is 0 Å². The number of rotatable bonds is 4. The maximum Gasteiger partial charge on any atom is 0.0576 e. The van der Waals surface area contributed by atoms with Crippen molar-refractivity contribution in [3.63, 3.8) is 0 Å². The molecular formula is C14H27NO. The molecule has 2 nitrogen and oxygen atoms in total. The van der Waals surface area contributed by atoms with E-state index in [0.717, 1.165) is 12.5 Å². The second kappa shape index (κ2) is 6.61. The molecule has 0 aromatic carbocycles. The van der Waals surface area contributed by atoms with Crippen LogP contribution in [0.5, 0.6) is 0 Å². The van der Waals surface area contributed by atoms with Crippen molar-refractivity contribution in [3.05, 3.63) is 0 Å². The predicted molar refractivity (Wildman–Crippen MR) is 67.4 cm³/mol. The Kier molecular flexibility index (Phi) is 5.11. The van der Waals surface area contributed by atoms with E-state index in [1.165, 1.54) is 64.2 Å². The molecule has 16 heavy (non-hydrogen) atoms. The maximum atomic E-state index is 6.24. The zero-order valence-corrected chi connectivity index (χ0v) is 10.5. The summed E-state index contributed by atoms with van der Waals surface area (Å²) in [7, 11) is 0. The van der Waals surface area contributed by atoms with Crippen molar-refractivity contribution in [3.8, 4) is 0 Å². The van der Waals surface area contributed by atoms with Crippen LogP contribution < -0.4 is 5.73 Å². The maximum absolute atomic E-state index is 6.24. The molecule has 1 saturated carbocycles. The standard InChI is InChI=1S/C14H27NO/c15-14-10-3-1-2-6-12(14)7-4-8-13-9-5-11-16-13/h12-14H,1-11,15H2. The van der Waals surface area contributed by atoms with Crippen LogP contribution in [0.2, 0.25) is 0 Å². The number of ether oxygens (including phenoxy) is 1. The third-order valence-corrected chi connectivity index (χ3v) is 4.34. The summed E-state index contributed by atoms with van der Waals surface area (Å²) in [6, 6.07) is 0.479. The average molecular weight is 225 g/mol. The first-order valence-electron chi connectivity index (χ1n) is 7.23. The molecule has 1 saturated heterocycles. The Bertz CT molecular complexity index is 189. The van der Waals surface area contributed by atoms with E-state index in [0.29, 0.717) is 12.1 Å². The molecule has 1 aliphatic heterocycles. The van der Waals surface area contributed by atoms with Crippen molar-refractivity contribution >= 4 is 0 Å². The summed E-state index contributed by atoms with van der Waals surface area (Å²) in [5.74, 6) is 0.795. The van der Waals surface area contributed by atoms with Gasteiger partial charge in [0.1, 0.15) is 0 Å². The van der Waals surface area contributed by atoms with Gasteiger partial charge in [0, 0.05) is 12.6 Å². The molecule has 0 aromatic rings. The Morgan fingerprint density at radius 3 is 2.62 bits per heavy atom. The van der Waals surface area contributed by atoms with Gasteiger partial charge in [-0.2, -0.15) is 0 Å². The van der Waals surface area contributed by atoms with E-state index in [2.05, 4.69) is 0 Å². The Hall–Kier alpha value is -0.0800. The van der Waals surface area contributed by atoms with Crippen LogP contribution in [0, 0.1) is 5.92 Å². The van der Waals surface area contributed by atoms with Crippen LogP contribution >= 0.6 is 0 Å². The van der Waals surface area contributed by atoms with Crippen molar-refractivity contribution in [2.24, 2.45) is 11.7 Å². The lowest BCUT2D eigenvalue weighted by molar-refractivity contribution is 0.100. The van der Waals surface area contributed by atoms with Crippen LogP contribution in [0.3, 0.4) is 0 Å². The Labute approximate surface area is 99.9 Å². The lowest BCUT2D eigenvalue weighted by atomic mass is 9.89. The summed E-state index contributed by atoms with van der Waals surface area (Å²) >= 11 is 0. The highest BCUT2D eigenvalue weighted by Gasteiger charge is 2.21. The predicted octanol–water partition coefficient (Wildman–Crippen LogP) is 3.24. The van der Waals surface area contributed by atoms with Crippen LogP contribution in [-0.4, -0.2) is 18.8 Å². The summed E-state index contributed by atoms with van der Waals surface area (Å²) in [5, 5.41) is 0. The molecule has 2 fully saturated rings. The van der Waals surface area contributed by atoms with Gasteiger partial charge in [0.2, 0.25) is 0 Å².